The number of ether oxygens (including phenoxy) is 2. The number of amides is 1. The van der Waals surface area contributed by atoms with Gasteiger partial charge in [-0.1, -0.05) is 0 Å². The number of carbonyl (C=O) groups is 2. The minimum Gasteiger partial charge on any atom is -0.466 e. The van der Waals surface area contributed by atoms with Gasteiger partial charge in [0.15, 0.2) is 0 Å². The van der Waals surface area contributed by atoms with Crippen molar-refractivity contribution in [1.29, 1.82) is 0 Å². The molecule has 0 saturated heterocycles. The number of rotatable bonds is 6. The summed E-state index contributed by atoms with van der Waals surface area (Å²) >= 11 is 0. The molecular weight excluding hydrogens is 210 g/mol. The Morgan fingerprint density at radius 2 is 1.75 bits per heavy atom. The van der Waals surface area contributed by atoms with E-state index in [9.17, 15) is 9.59 Å². The third-order valence-electron chi connectivity index (χ3n) is 2.08. The van der Waals surface area contributed by atoms with Gasteiger partial charge in [-0.25, -0.2) is 4.79 Å². The number of nitrogens with zero attached hydrogens (tertiary/aromatic N) is 1. The second kappa shape index (κ2) is 7.96. The summed E-state index contributed by atoms with van der Waals surface area (Å²) < 4.78 is 9.86. The van der Waals surface area contributed by atoms with Gasteiger partial charge in [0.2, 0.25) is 0 Å². The summed E-state index contributed by atoms with van der Waals surface area (Å²) in [6.07, 6.45) is -0.741. The molecule has 5 heteroatoms. The Morgan fingerprint density at radius 3 is 2.19 bits per heavy atom. The first-order valence-corrected chi connectivity index (χ1v) is 5.66. The first-order valence-electron chi connectivity index (χ1n) is 5.66. The number of hydrogen-bond donors (Lipinski definition) is 0. The quantitative estimate of drug-likeness (QED) is 0.654. The van der Waals surface area contributed by atoms with E-state index in [0.717, 1.165) is 0 Å². The van der Waals surface area contributed by atoms with Crippen molar-refractivity contribution in [1.82, 2.24) is 4.90 Å². The monoisotopic (exact) mass is 231 g/mol. The number of esters is 1. The molecule has 0 heterocycles. The van der Waals surface area contributed by atoms with Crippen LogP contribution in [-0.2, 0) is 14.3 Å². The molecular formula is C11H21NO4. The zero-order chi connectivity index (χ0) is 12.6. The molecule has 94 valence electrons. The Bertz CT molecular complexity index is 226. The summed E-state index contributed by atoms with van der Waals surface area (Å²) in [4.78, 5) is 24.2. The van der Waals surface area contributed by atoms with E-state index in [1.165, 1.54) is 0 Å². The number of hydrogen-bond acceptors (Lipinski definition) is 4. The highest BCUT2D eigenvalue weighted by Crippen LogP contribution is 2.03. The van der Waals surface area contributed by atoms with Crippen LogP contribution in [-0.4, -0.2) is 42.8 Å². The van der Waals surface area contributed by atoms with Gasteiger partial charge >= 0.3 is 12.1 Å². The van der Waals surface area contributed by atoms with Crippen LogP contribution in [0.15, 0.2) is 0 Å². The highest BCUT2D eigenvalue weighted by molar-refractivity contribution is 5.71. The maximum atomic E-state index is 11.5. The molecule has 0 fully saturated rings. The lowest BCUT2D eigenvalue weighted by Crippen LogP contribution is -2.34. The van der Waals surface area contributed by atoms with Crippen molar-refractivity contribution in [3.63, 3.8) is 0 Å². The Hall–Kier alpha value is -1.26. The molecule has 0 spiro atoms. The number of carbonyl (C=O) groups excluding carboxylic acids is 2. The molecule has 0 aliphatic carbocycles. The molecule has 5 nitrogen and oxygen atoms in total. The Morgan fingerprint density at radius 1 is 1.19 bits per heavy atom. The van der Waals surface area contributed by atoms with Crippen molar-refractivity contribution >= 4 is 12.1 Å². The van der Waals surface area contributed by atoms with Gasteiger partial charge < -0.3 is 14.4 Å². The second-order valence-electron chi connectivity index (χ2n) is 3.38. The fourth-order valence-electron chi connectivity index (χ4n) is 1.22. The second-order valence-corrected chi connectivity index (χ2v) is 3.38. The fourth-order valence-corrected chi connectivity index (χ4v) is 1.22. The van der Waals surface area contributed by atoms with Crippen LogP contribution in [0.4, 0.5) is 4.79 Å². The zero-order valence-corrected chi connectivity index (χ0v) is 10.5. The molecule has 1 amide bonds. The molecule has 0 aromatic carbocycles. The average molecular weight is 231 g/mol. The Kier molecular flexibility index (Phi) is 7.33. The van der Waals surface area contributed by atoms with Crippen LogP contribution >= 0.6 is 0 Å². The summed E-state index contributed by atoms with van der Waals surface area (Å²) in [7, 11) is 0. The zero-order valence-electron chi connectivity index (χ0n) is 10.5. The van der Waals surface area contributed by atoms with Gasteiger partial charge in [0, 0.05) is 13.1 Å². The largest absolute Gasteiger partial charge is 0.466 e. The summed E-state index contributed by atoms with van der Waals surface area (Å²) in [5.74, 6) is -0.345. The molecule has 1 unspecified atom stereocenters. The first-order chi connectivity index (χ1) is 7.54. The molecule has 0 aliphatic heterocycles. The highest BCUT2D eigenvalue weighted by atomic mass is 16.6. The molecule has 0 rings (SSSR count). The minimum atomic E-state index is -0.452. The van der Waals surface area contributed by atoms with E-state index in [-0.39, 0.29) is 18.5 Å². The fraction of sp³-hybridized carbons (Fsp3) is 0.818. The summed E-state index contributed by atoms with van der Waals surface area (Å²) in [6, 6.07) is 0. The molecule has 0 aromatic rings. The Labute approximate surface area is 96.7 Å². The summed E-state index contributed by atoms with van der Waals surface area (Å²) in [5.41, 5.74) is 0. The van der Waals surface area contributed by atoms with Crippen molar-refractivity contribution in [2.75, 3.05) is 19.7 Å². The van der Waals surface area contributed by atoms with Gasteiger partial charge in [-0.15, -0.1) is 0 Å². The minimum absolute atomic E-state index is 0.0981. The summed E-state index contributed by atoms with van der Waals surface area (Å²) in [6.45, 7) is 8.71. The van der Waals surface area contributed by atoms with Crippen molar-refractivity contribution in [2.24, 2.45) is 0 Å². The lowest BCUT2D eigenvalue weighted by Gasteiger charge is -2.21. The van der Waals surface area contributed by atoms with E-state index in [0.29, 0.717) is 19.7 Å². The van der Waals surface area contributed by atoms with E-state index < -0.39 is 6.10 Å². The van der Waals surface area contributed by atoms with Crippen LogP contribution in [0.5, 0.6) is 0 Å². The average Bonchev–Trinajstić information content (AvgIpc) is 2.19. The van der Waals surface area contributed by atoms with Crippen LogP contribution < -0.4 is 0 Å². The first kappa shape index (κ1) is 14.7. The molecule has 0 N–H and O–H groups in total. The predicted octanol–water partition coefficient (Wildman–Crippen LogP) is 1.81. The van der Waals surface area contributed by atoms with Gasteiger partial charge in [-0.05, 0) is 27.7 Å². The van der Waals surface area contributed by atoms with Gasteiger partial charge in [0.25, 0.3) is 0 Å². The normalized spacial score (nSPS) is 11.8. The van der Waals surface area contributed by atoms with Crippen molar-refractivity contribution < 1.29 is 19.1 Å². The molecule has 0 radical (unpaired) electrons. The predicted molar refractivity (Wildman–Crippen MR) is 60.1 cm³/mol. The van der Waals surface area contributed by atoms with Gasteiger partial charge in [0.1, 0.15) is 6.10 Å². The standard InChI is InChI=1S/C11H21NO4/c1-5-12(6-2)11(14)16-9(4)8-10(13)15-7-3/h9H,5-8H2,1-4H3. The molecule has 0 saturated carbocycles. The molecule has 16 heavy (non-hydrogen) atoms. The highest BCUT2D eigenvalue weighted by Gasteiger charge is 2.17. The Balaban J connectivity index is 3.99. The molecule has 0 aromatic heterocycles. The molecule has 0 aliphatic rings. The van der Waals surface area contributed by atoms with Crippen LogP contribution in [0.2, 0.25) is 0 Å². The van der Waals surface area contributed by atoms with Crippen LogP contribution in [0.25, 0.3) is 0 Å². The SMILES string of the molecule is CCOC(=O)CC(C)OC(=O)N(CC)CC. The van der Waals surface area contributed by atoms with Crippen LogP contribution in [0.1, 0.15) is 34.1 Å². The van der Waals surface area contributed by atoms with E-state index in [1.807, 2.05) is 13.8 Å². The third kappa shape index (κ3) is 5.58. The molecule has 1 atom stereocenters. The lowest BCUT2D eigenvalue weighted by atomic mass is 10.3. The molecule has 0 bridgehead atoms. The topological polar surface area (TPSA) is 55.8 Å². The smallest absolute Gasteiger partial charge is 0.410 e. The maximum Gasteiger partial charge on any atom is 0.410 e. The van der Waals surface area contributed by atoms with Crippen LogP contribution in [0.3, 0.4) is 0 Å². The van der Waals surface area contributed by atoms with Crippen molar-refractivity contribution in [3.05, 3.63) is 0 Å². The third-order valence-corrected chi connectivity index (χ3v) is 2.08. The van der Waals surface area contributed by atoms with Gasteiger partial charge in [-0.3, -0.25) is 4.79 Å². The van der Waals surface area contributed by atoms with E-state index >= 15 is 0 Å². The van der Waals surface area contributed by atoms with Crippen LogP contribution in [0, 0.1) is 0 Å². The van der Waals surface area contributed by atoms with Gasteiger partial charge in [-0.2, -0.15) is 0 Å². The lowest BCUT2D eigenvalue weighted by molar-refractivity contribution is -0.145. The van der Waals surface area contributed by atoms with E-state index in [1.54, 1.807) is 18.7 Å². The van der Waals surface area contributed by atoms with Crippen molar-refractivity contribution in [2.45, 2.75) is 40.2 Å². The summed E-state index contributed by atoms with van der Waals surface area (Å²) in [5, 5.41) is 0. The maximum absolute atomic E-state index is 11.5. The van der Waals surface area contributed by atoms with Gasteiger partial charge in [0.05, 0.1) is 13.0 Å². The van der Waals surface area contributed by atoms with E-state index in [4.69, 9.17) is 9.47 Å². The van der Waals surface area contributed by atoms with E-state index in [2.05, 4.69) is 0 Å². The van der Waals surface area contributed by atoms with Crippen molar-refractivity contribution in [3.8, 4) is 0 Å².